The number of benzene rings is 3. The minimum Gasteiger partial charge on any atom is -0.454 e. The lowest BCUT2D eigenvalue weighted by atomic mass is 9.86. The SMILES string of the molecule is ClC1C=c2c3n(c4c2ccc2c5ccccc5oc24)C2=c4oc5ccccc5c4=CCC2C=3C1. The summed E-state index contributed by atoms with van der Waals surface area (Å²) in [6, 6.07) is 21.1. The Morgan fingerprint density at radius 3 is 2.44 bits per heavy atom. The second kappa shape index (κ2) is 5.86. The highest BCUT2D eigenvalue weighted by atomic mass is 35.5. The van der Waals surface area contributed by atoms with E-state index >= 15 is 0 Å². The molecule has 3 aliphatic rings. The van der Waals surface area contributed by atoms with Crippen molar-refractivity contribution in [2.24, 2.45) is 5.92 Å². The van der Waals surface area contributed by atoms with Gasteiger partial charge >= 0.3 is 0 Å². The first-order valence-electron chi connectivity index (χ1n) is 11.8. The first kappa shape index (κ1) is 17.7. The number of hydrogen-bond donors (Lipinski definition) is 0. The van der Waals surface area contributed by atoms with E-state index < -0.39 is 0 Å². The molecule has 0 saturated carbocycles. The van der Waals surface area contributed by atoms with Gasteiger partial charge in [0, 0.05) is 37.9 Å². The van der Waals surface area contributed by atoms with Gasteiger partial charge in [0.2, 0.25) is 0 Å². The van der Waals surface area contributed by atoms with E-state index in [9.17, 15) is 0 Å². The van der Waals surface area contributed by atoms with E-state index in [0.717, 1.165) is 51.3 Å². The van der Waals surface area contributed by atoms with Crippen LogP contribution in [0.25, 0.3) is 67.2 Å². The second-order valence-electron chi connectivity index (χ2n) is 9.67. The molecule has 162 valence electrons. The number of fused-ring (bicyclic) bond motifs is 13. The van der Waals surface area contributed by atoms with Crippen molar-refractivity contribution in [3.63, 3.8) is 0 Å². The molecule has 6 aromatic rings. The molecule has 3 nitrogen and oxygen atoms in total. The number of furan rings is 2. The Morgan fingerprint density at radius 1 is 0.794 bits per heavy atom. The minimum absolute atomic E-state index is 0.00987. The number of aromatic nitrogens is 1. The molecule has 2 aliphatic carbocycles. The van der Waals surface area contributed by atoms with E-state index in [1.54, 1.807) is 0 Å². The predicted molar refractivity (Wildman–Crippen MR) is 137 cm³/mol. The van der Waals surface area contributed by atoms with Crippen molar-refractivity contribution < 1.29 is 8.83 Å². The van der Waals surface area contributed by atoms with E-state index in [0.29, 0.717) is 0 Å². The average Bonchev–Trinajstić information content (AvgIpc) is 3.59. The van der Waals surface area contributed by atoms with Crippen LogP contribution in [0.15, 0.2) is 69.5 Å². The number of para-hydroxylation sites is 2. The molecule has 2 atom stereocenters. The van der Waals surface area contributed by atoms with Gasteiger partial charge in [0.1, 0.15) is 11.2 Å². The van der Waals surface area contributed by atoms with Crippen LogP contribution in [-0.2, 0) is 0 Å². The zero-order chi connectivity index (χ0) is 22.1. The summed E-state index contributed by atoms with van der Waals surface area (Å²) in [5, 5.41) is 8.40. The van der Waals surface area contributed by atoms with Crippen LogP contribution in [0.4, 0.5) is 0 Å². The van der Waals surface area contributed by atoms with Gasteiger partial charge in [0.05, 0.1) is 21.9 Å². The third kappa shape index (κ3) is 1.94. The Balaban J connectivity index is 1.58. The van der Waals surface area contributed by atoms with Crippen LogP contribution in [-0.4, -0.2) is 9.94 Å². The fourth-order valence-electron chi connectivity index (χ4n) is 6.68. The van der Waals surface area contributed by atoms with Crippen molar-refractivity contribution in [2.75, 3.05) is 0 Å². The van der Waals surface area contributed by atoms with Gasteiger partial charge in [-0.2, -0.15) is 0 Å². The normalized spacial score (nSPS) is 20.6. The highest BCUT2D eigenvalue weighted by molar-refractivity contribution is 6.25. The Bertz CT molecular complexity index is 2150. The largest absolute Gasteiger partial charge is 0.454 e. The lowest BCUT2D eigenvalue weighted by molar-refractivity contribution is 0.558. The van der Waals surface area contributed by atoms with Gasteiger partial charge < -0.3 is 13.4 Å². The van der Waals surface area contributed by atoms with E-state index in [-0.39, 0.29) is 11.3 Å². The molecule has 1 aliphatic heterocycles. The molecular formula is C30H18ClNO2. The maximum Gasteiger partial charge on any atom is 0.160 e. The third-order valence-electron chi connectivity index (χ3n) is 8.00. The number of hydrogen-bond acceptors (Lipinski definition) is 2. The monoisotopic (exact) mass is 459 g/mol. The Kier molecular flexibility index (Phi) is 3.06. The maximum atomic E-state index is 6.82. The van der Waals surface area contributed by atoms with Gasteiger partial charge in [-0.15, -0.1) is 11.6 Å². The molecule has 3 aromatic heterocycles. The van der Waals surface area contributed by atoms with Crippen molar-refractivity contribution in [2.45, 2.75) is 18.2 Å². The average molecular weight is 460 g/mol. The Morgan fingerprint density at radius 2 is 1.56 bits per heavy atom. The van der Waals surface area contributed by atoms with Crippen LogP contribution < -0.4 is 21.2 Å². The lowest BCUT2D eigenvalue weighted by Crippen LogP contribution is -2.33. The van der Waals surface area contributed by atoms with Crippen LogP contribution in [0.2, 0.25) is 0 Å². The molecule has 34 heavy (non-hydrogen) atoms. The summed E-state index contributed by atoms with van der Waals surface area (Å²) in [5.41, 5.74) is 7.57. The lowest BCUT2D eigenvalue weighted by Gasteiger charge is -2.20. The van der Waals surface area contributed by atoms with Crippen LogP contribution in [0.5, 0.6) is 0 Å². The van der Waals surface area contributed by atoms with Crippen molar-refractivity contribution >= 4 is 78.8 Å². The second-order valence-corrected chi connectivity index (χ2v) is 10.2. The number of alkyl halides is 1. The van der Waals surface area contributed by atoms with Crippen LogP contribution in [0.1, 0.15) is 12.8 Å². The van der Waals surface area contributed by atoms with Crippen molar-refractivity contribution in [1.29, 1.82) is 0 Å². The molecular weight excluding hydrogens is 442 g/mol. The molecule has 4 heterocycles. The van der Waals surface area contributed by atoms with Gasteiger partial charge in [0.15, 0.2) is 11.0 Å². The molecule has 2 unspecified atom stereocenters. The molecule has 0 N–H and O–H groups in total. The highest BCUT2D eigenvalue weighted by Gasteiger charge is 2.37. The predicted octanol–water partition coefficient (Wildman–Crippen LogP) is 4.70. The standard InChI is InChI=1S/C30H18ClNO2/c31-15-13-22-18-9-11-20-16-5-1-3-7-24(16)33-29(20)27(18)32-26(22)23(14-15)19-10-12-21-17-6-2-4-8-25(17)34-30(21)28(19)32/h1-9,11-13,15,19H,10,14H2. The molecule has 0 fully saturated rings. The number of nitrogens with zero attached hydrogens (tertiary/aromatic N) is 1. The first-order chi connectivity index (χ1) is 16.8. The van der Waals surface area contributed by atoms with Crippen LogP contribution in [0.3, 0.4) is 0 Å². The highest BCUT2D eigenvalue weighted by Crippen LogP contribution is 2.41. The smallest absolute Gasteiger partial charge is 0.160 e. The zero-order valence-corrected chi connectivity index (χ0v) is 18.9. The molecule has 0 amide bonds. The number of halogens is 1. The maximum absolute atomic E-state index is 6.82. The van der Waals surface area contributed by atoms with Crippen LogP contribution in [0, 0.1) is 5.92 Å². The van der Waals surface area contributed by atoms with Crippen molar-refractivity contribution in [1.82, 2.24) is 4.57 Å². The van der Waals surface area contributed by atoms with Crippen LogP contribution >= 0.6 is 11.6 Å². The quantitative estimate of drug-likeness (QED) is 0.308. The summed E-state index contributed by atoms with van der Waals surface area (Å²) in [6.07, 6.45) is 6.42. The van der Waals surface area contributed by atoms with E-state index in [4.69, 9.17) is 20.4 Å². The summed E-state index contributed by atoms with van der Waals surface area (Å²) in [4.78, 5) is 0. The third-order valence-corrected chi connectivity index (χ3v) is 8.28. The first-order valence-corrected chi connectivity index (χ1v) is 12.3. The molecule has 0 bridgehead atoms. The summed E-state index contributed by atoms with van der Waals surface area (Å²) in [6.45, 7) is 0. The van der Waals surface area contributed by atoms with Crippen molar-refractivity contribution in [3.05, 3.63) is 81.9 Å². The summed E-state index contributed by atoms with van der Waals surface area (Å²) in [7, 11) is 0. The fraction of sp³-hybridized carbons (Fsp3) is 0.133. The Labute approximate surface area is 198 Å². The Hall–Kier alpha value is -3.69. The van der Waals surface area contributed by atoms with Gasteiger partial charge in [-0.3, -0.25) is 0 Å². The zero-order valence-electron chi connectivity index (χ0n) is 18.1. The summed E-state index contributed by atoms with van der Waals surface area (Å²) in [5.74, 6) is 0.279. The van der Waals surface area contributed by atoms with E-state index in [1.807, 2.05) is 12.1 Å². The van der Waals surface area contributed by atoms with Gasteiger partial charge in [-0.1, -0.05) is 54.6 Å². The molecule has 0 saturated heterocycles. The van der Waals surface area contributed by atoms with E-state index in [1.165, 1.54) is 37.8 Å². The fourth-order valence-corrected chi connectivity index (χ4v) is 6.97. The number of rotatable bonds is 0. The minimum atomic E-state index is -0.00987. The van der Waals surface area contributed by atoms with E-state index in [2.05, 4.69) is 65.3 Å². The molecule has 0 radical (unpaired) electrons. The topological polar surface area (TPSA) is 31.2 Å². The van der Waals surface area contributed by atoms with Gasteiger partial charge in [0.25, 0.3) is 0 Å². The van der Waals surface area contributed by atoms with Gasteiger partial charge in [-0.05, 0) is 36.6 Å². The molecule has 3 aromatic carbocycles. The molecule has 4 heteroatoms. The molecule has 0 spiro atoms. The molecule has 9 rings (SSSR count). The van der Waals surface area contributed by atoms with Gasteiger partial charge in [-0.25, -0.2) is 0 Å². The van der Waals surface area contributed by atoms with Crippen molar-refractivity contribution in [3.8, 4) is 0 Å². The summed E-state index contributed by atoms with van der Waals surface area (Å²) >= 11 is 6.82. The summed E-state index contributed by atoms with van der Waals surface area (Å²) < 4.78 is 15.5.